The molecule has 0 aromatic rings. The summed E-state index contributed by atoms with van der Waals surface area (Å²) in [5.41, 5.74) is 2.58. The van der Waals surface area contributed by atoms with E-state index in [0.717, 1.165) is 17.8 Å². The molecule has 4 saturated carbocycles. The van der Waals surface area contributed by atoms with Gasteiger partial charge in [-0.05, 0) is 55.3 Å². The Morgan fingerprint density at radius 2 is 1.73 bits per heavy atom. The molecule has 0 spiro atoms. The summed E-state index contributed by atoms with van der Waals surface area (Å²) >= 11 is 0. The van der Waals surface area contributed by atoms with Crippen LogP contribution in [0.4, 0.5) is 0 Å². The molecule has 4 fully saturated rings. The first-order valence-electron chi connectivity index (χ1n) is 6.33. The molecule has 4 rings (SSSR count). The Morgan fingerprint density at radius 3 is 2.13 bits per heavy atom. The summed E-state index contributed by atoms with van der Waals surface area (Å²) < 4.78 is 0. The quantitative estimate of drug-likeness (QED) is 0.589. The Bertz CT molecular complexity index is 344. The van der Waals surface area contributed by atoms with Gasteiger partial charge in [0, 0.05) is 0 Å². The van der Waals surface area contributed by atoms with Crippen LogP contribution in [-0.2, 0) is 0 Å². The van der Waals surface area contributed by atoms with Crippen molar-refractivity contribution in [2.75, 3.05) is 0 Å². The fraction of sp³-hybridized carbons (Fsp3) is 0.733. The van der Waals surface area contributed by atoms with Crippen molar-refractivity contribution >= 4 is 0 Å². The minimum absolute atomic E-state index is 0.508. The highest BCUT2D eigenvalue weighted by atomic mass is 14.8. The summed E-state index contributed by atoms with van der Waals surface area (Å²) in [4.78, 5) is 0. The van der Waals surface area contributed by atoms with E-state index in [0.29, 0.717) is 10.8 Å². The molecule has 4 aliphatic rings. The molecular weight excluding hydrogens is 180 g/mol. The summed E-state index contributed by atoms with van der Waals surface area (Å²) in [6.45, 7) is 9.37. The second-order valence-electron chi connectivity index (χ2n) is 6.55. The third-order valence-corrected chi connectivity index (χ3v) is 5.87. The minimum atomic E-state index is 0.508. The molecule has 0 radical (unpaired) electrons. The summed E-state index contributed by atoms with van der Waals surface area (Å²) in [6.07, 6.45) is 10.1. The predicted octanol–water partition coefficient (Wildman–Crippen LogP) is 4.19. The van der Waals surface area contributed by atoms with Crippen molar-refractivity contribution < 1.29 is 0 Å². The van der Waals surface area contributed by atoms with Gasteiger partial charge in [-0.25, -0.2) is 0 Å². The fourth-order valence-corrected chi connectivity index (χ4v) is 4.71. The molecule has 0 heteroatoms. The highest BCUT2D eigenvalue weighted by molar-refractivity contribution is 5.34. The smallest absolute Gasteiger partial charge is 0.00557 e. The lowest BCUT2D eigenvalue weighted by molar-refractivity contribution is 0.245. The third kappa shape index (κ3) is 0.940. The Labute approximate surface area is 93.5 Å². The van der Waals surface area contributed by atoms with E-state index < -0.39 is 0 Å². The second-order valence-corrected chi connectivity index (χ2v) is 6.55. The van der Waals surface area contributed by atoms with Gasteiger partial charge in [-0.1, -0.05) is 37.6 Å². The van der Waals surface area contributed by atoms with Gasteiger partial charge in [0.1, 0.15) is 0 Å². The predicted molar refractivity (Wildman–Crippen MR) is 64.5 cm³/mol. The van der Waals surface area contributed by atoms with Crippen LogP contribution in [0.5, 0.6) is 0 Å². The maximum Gasteiger partial charge on any atom is -0.00557 e. The van der Waals surface area contributed by atoms with Crippen molar-refractivity contribution in [3.05, 3.63) is 23.8 Å². The first kappa shape index (κ1) is 9.69. The van der Waals surface area contributed by atoms with E-state index in [1.165, 1.54) is 18.4 Å². The van der Waals surface area contributed by atoms with Crippen LogP contribution < -0.4 is 0 Å². The van der Waals surface area contributed by atoms with Crippen LogP contribution >= 0.6 is 0 Å². The average Bonchev–Trinajstić information content (AvgIpc) is 2.53. The van der Waals surface area contributed by atoms with Gasteiger partial charge in [0.25, 0.3) is 0 Å². The molecular formula is C15H22. The Kier molecular flexibility index (Phi) is 1.67. The van der Waals surface area contributed by atoms with Crippen LogP contribution in [0.3, 0.4) is 0 Å². The Balaban J connectivity index is 1.87. The molecule has 4 aliphatic carbocycles. The molecule has 82 valence electrons. The van der Waals surface area contributed by atoms with Gasteiger partial charge in [-0.15, -0.1) is 0 Å². The molecule has 0 heterocycles. The Morgan fingerprint density at radius 1 is 1.13 bits per heavy atom. The molecule has 4 bridgehead atoms. The summed E-state index contributed by atoms with van der Waals surface area (Å²) in [5.74, 6) is 3.13. The van der Waals surface area contributed by atoms with Crippen molar-refractivity contribution in [3.63, 3.8) is 0 Å². The Hall–Kier alpha value is -0.520. The van der Waals surface area contributed by atoms with E-state index in [-0.39, 0.29) is 0 Å². The van der Waals surface area contributed by atoms with Gasteiger partial charge < -0.3 is 0 Å². The lowest BCUT2D eigenvalue weighted by Crippen LogP contribution is -2.24. The SMILES string of the molecule is CC(C)=C/C=C/C1(C)C2CC3C(C2)C31C. The largest absolute Gasteiger partial charge is 0.0777 e. The van der Waals surface area contributed by atoms with Gasteiger partial charge in [-0.2, -0.15) is 0 Å². The zero-order valence-corrected chi connectivity index (χ0v) is 10.4. The zero-order valence-electron chi connectivity index (χ0n) is 10.4. The van der Waals surface area contributed by atoms with Crippen LogP contribution in [0, 0.1) is 28.6 Å². The second kappa shape index (κ2) is 2.59. The summed E-state index contributed by atoms with van der Waals surface area (Å²) in [5, 5.41) is 0. The molecule has 0 aromatic carbocycles. The van der Waals surface area contributed by atoms with Crippen molar-refractivity contribution in [1.29, 1.82) is 0 Å². The topological polar surface area (TPSA) is 0 Å². The maximum absolute atomic E-state index is 2.53. The molecule has 15 heavy (non-hydrogen) atoms. The highest BCUT2D eigenvalue weighted by Crippen LogP contribution is 2.86. The normalized spacial score (nSPS) is 55.1. The standard InChI is InChI=1S/C15H22/c1-10(2)6-5-7-14(3)11-8-12-13(9-11)15(12,14)4/h5-7,11-13H,8-9H2,1-4H3/b7-5+. The molecule has 0 saturated heterocycles. The van der Waals surface area contributed by atoms with E-state index in [2.05, 4.69) is 45.9 Å². The van der Waals surface area contributed by atoms with Gasteiger partial charge >= 0.3 is 0 Å². The monoisotopic (exact) mass is 202 g/mol. The van der Waals surface area contributed by atoms with Gasteiger partial charge in [0.2, 0.25) is 0 Å². The number of hydrogen-bond acceptors (Lipinski definition) is 0. The van der Waals surface area contributed by atoms with Crippen molar-refractivity contribution in [2.24, 2.45) is 28.6 Å². The zero-order chi connectivity index (χ0) is 10.8. The first-order chi connectivity index (χ1) is 7.00. The van der Waals surface area contributed by atoms with Crippen molar-refractivity contribution in [2.45, 2.75) is 40.5 Å². The van der Waals surface area contributed by atoms with Gasteiger partial charge in [0.05, 0.1) is 0 Å². The molecule has 3 unspecified atom stereocenters. The van der Waals surface area contributed by atoms with Crippen molar-refractivity contribution in [3.8, 4) is 0 Å². The third-order valence-electron chi connectivity index (χ3n) is 5.87. The molecule has 3 atom stereocenters. The molecule has 0 amide bonds. The number of allylic oxidation sites excluding steroid dienone is 4. The van der Waals surface area contributed by atoms with Crippen LogP contribution in [0.2, 0.25) is 0 Å². The highest BCUT2D eigenvalue weighted by Gasteiger charge is 2.80. The minimum Gasteiger partial charge on any atom is -0.0777 e. The van der Waals surface area contributed by atoms with E-state index in [1.807, 2.05) is 0 Å². The van der Waals surface area contributed by atoms with E-state index >= 15 is 0 Å². The van der Waals surface area contributed by atoms with Crippen LogP contribution in [0.15, 0.2) is 23.8 Å². The molecule has 0 aromatic heterocycles. The first-order valence-corrected chi connectivity index (χ1v) is 6.33. The number of rotatable bonds is 2. The van der Waals surface area contributed by atoms with Crippen LogP contribution in [-0.4, -0.2) is 0 Å². The summed E-state index contributed by atoms with van der Waals surface area (Å²) in [7, 11) is 0. The lowest BCUT2D eigenvalue weighted by atomic mass is 9.74. The van der Waals surface area contributed by atoms with E-state index in [1.54, 1.807) is 0 Å². The van der Waals surface area contributed by atoms with Crippen LogP contribution in [0.25, 0.3) is 0 Å². The summed E-state index contributed by atoms with van der Waals surface area (Å²) in [6, 6.07) is 0. The van der Waals surface area contributed by atoms with Gasteiger partial charge in [-0.3, -0.25) is 0 Å². The lowest BCUT2D eigenvalue weighted by Gasteiger charge is -2.30. The molecule has 0 aliphatic heterocycles. The molecule has 0 N–H and O–H groups in total. The maximum atomic E-state index is 2.53. The average molecular weight is 202 g/mol. The number of hydrogen-bond donors (Lipinski definition) is 0. The van der Waals surface area contributed by atoms with Crippen molar-refractivity contribution in [1.82, 2.24) is 0 Å². The van der Waals surface area contributed by atoms with E-state index in [4.69, 9.17) is 0 Å². The fourth-order valence-electron chi connectivity index (χ4n) is 4.71. The van der Waals surface area contributed by atoms with E-state index in [9.17, 15) is 0 Å². The van der Waals surface area contributed by atoms with Crippen LogP contribution in [0.1, 0.15) is 40.5 Å². The molecule has 0 nitrogen and oxygen atoms in total. The van der Waals surface area contributed by atoms with Gasteiger partial charge in [0.15, 0.2) is 0 Å².